The molecule has 0 aliphatic carbocycles. The molecule has 1 amide bonds. The van der Waals surface area contributed by atoms with Crippen LogP contribution >= 0.6 is 11.6 Å². The van der Waals surface area contributed by atoms with Crippen LogP contribution in [0.25, 0.3) is 0 Å². The van der Waals surface area contributed by atoms with E-state index in [9.17, 15) is 4.79 Å². The van der Waals surface area contributed by atoms with Crippen LogP contribution in [0.1, 0.15) is 51.4 Å². The Morgan fingerprint density at radius 3 is 2.38 bits per heavy atom. The van der Waals surface area contributed by atoms with Crippen LogP contribution in [0, 0.1) is 5.41 Å². The average Bonchev–Trinajstić information content (AvgIpc) is 2.36. The lowest BCUT2D eigenvalue weighted by Gasteiger charge is -2.33. The van der Waals surface area contributed by atoms with Gasteiger partial charge in [-0.25, -0.2) is 0 Å². The molecular formula is C19H32ClNO2Si. The molecule has 0 aliphatic heterocycles. The van der Waals surface area contributed by atoms with Crippen LogP contribution in [0.4, 0.5) is 0 Å². The van der Waals surface area contributed by atoms with Crippen molar-refractivity contribution in [2.75, 3.05) is 6.61 Å². The Balaban J connectivity index is 2.92. The highest BCUT2D eigenvalue weighted by atomic mass is 35.5. The van der Waals surface area contributed by atoms with Gasteiger partial charge in [0.25, 0.3) is 5.91 Å². The predicted octanol–water partition coefficient (Wildman–Crippen LogP) is 5.15. The first-order valence-corrected chi connectivity index (χ1v) is 12.2. The van der Waals surface area contributed by atoms with E-state index >= 15 is 0 Å². The van der Waals surface area contributed by atoms with Gasteiger partial charge in [-0.05, 0) is 43.9 Å². The van der Waals surface area contributed by atoms with Crippen molar-refractivity contribution in [3.63, 3.8) is 0 Å². The van der Waals surface area contributed by atoms with E-state index < -0.39 is 8.80 Å². The largest absolute Gasteiger partial charge is 0.491 e. The van der Waals surface area contributed by atoms with Gasteiger partial charge in [-0.1, -0.05) is 51.5 Å². The summed E-state index contributed by atoms with van der Waals surface area (Å²) in [6, 6.07) is 6.39. The van der Waals surface area contributed by atoms with E-state index in [1.54, 1.807) is 18.2 Å². The first-order valence-electron chi connectivity index (χ1n) is 8.65. The van der Waals surface area contributed by atoms with Crippen LogP contribution in [-0.2, 0) is 0 Å². The van der Waals surface area contributed by atoms with Crippen molar-refractivity contribution in [3.05, 3.63) is 28.8 Å². The minimum atomic E-state index is -0.695. The lowest BCUT2D eigenvalue weighted by Crippen LogP contribution is -2.45. The fraction of sp³-hybridized carbons (Fsp3) is 0.632. The van der Waals surface area contributed by atoms with Crippen molar-refractivity contribution in [1.29, 1.82) is 0 Å². The highest BCUT2D eigenvalue weighted by molar-refractivity contribution is 6.55. The molecular weight excluding hydrogens is 338 g/mol. The third kappa shape index (κ3) is 7.26. The second-order valence-electron chi connectivity index (χ2n) is 8.72. The molecule has 0 radical (unpaired) electrons. The highest BCUT2D eigenvalue weighted by Crippen LogP contribution is 2.31. The fourth-order valence-electron chi connectivity index (χ4n) is 2.98. The zero-order valence-electron chi connectivity index (χ0n) is 16.1. The minimum Gasteiger partial charge on any atom is -0.491 e. The summed E-state index contributed by atoms with van der Waals surface area (Å²) in [5.41, 5.74) is 0.335. The fourth-order valence-corrected chi connectivity index (χ4v) is 3.79. The molecule has 3 nitrogen and oxygen atoms in total. The summed E-state index contributed by atoms with van der Waals surface area (Å²) >= 11 is 6.27. The number of carbonyl (C=O) groups excluding carboxylic acids is 1. The molecule has 136 valence electrons. The van der Waals surface area contributed by atoms with Crippen LogP contribution in [0.2, 0.25) is 24.2 Å². The standard InChI is InChI=1S/C19H32ClNO2Si/c1-18(2,3)13-19(4,5)21-17(22)14-9-8-10-15(20)16(14)23-11-12-24(6)7/h8-10,24H,11-13H2,1-7H3,(H,21,22). The van der Waals surface area contributed by atoms with Gasteiger partial charge in [0.05, 0.1) is 17.2 Å². The van der Waals surface area contributed by atoms with Crippen LogP contribution in [0.5, 0.6) is 5.75 Å². The maximum Gasteiger partial charge on any atom is 0.255 e. The van der Waals surface area contributed by atoms with E-state index in [4.69, 9.17) is 16.3 Å². The topological polar surface area (TPSA) is 38.3 Å². The summed E-state index contributed by atoms with van der Waals surface area (Å²) < 4.78 is 5.86. The lowest BCUT2D eigenvalue weighted by atomic mass is 9.81. The van der Waals surface area contributed by atoms with Gasteiger partial charge in [-0.2, -0.15) is 0 Å². The number of halogens is 1. The monoisotopic (exact) mass is 369 g/mol. The number of para-hydroxylation sites is 1. The molecule has 0 unspecified atom stereocenters. The molecule has 0 atom stereocenters. The molecule has 0 fully saturated rings. The molecule has 24 heavy (non-hydrogen) atoms. The van der Waals surface area contributed by atoms with Gasteiger partial charge < -0.3 is 10.1 Å². The zero-order valence-corrected chi connectivity index (χ0v) is 18.0. The maximum absolute atomic E-state index is 12.8. The third-order valence-electron chi connectivity index (χ3n) is 3.58. The number of benzene rings is 1. The summed E-state index contributed by atoms with van der Waals surface area (Å²) in [4.78, 5) is 12.8. The van der Waals surface area contributed by atoms with Crippen molar-refractivity contribution in [3.8, 4) is 5.75 Å². The van der Waals surface area contributed by atoms with Gasteiger partial charge in [0.1, 0.15) is 0 Å². The smallest absolute Gasteiger partial charge is 0.255 e. The summed E-state index contributed by atoms with van der Waals surface area (Å²) in [6.07, 6.45) is 0.876. The second-order valence-corrected chi connectivity index (χ2v) is 12.5. The number of nitrogens with one attached hydrogen (secondary N) is 1. The number of rotatable bonds is 7. The highest BCUT2D eigenvalue weighted by Gasteiger charge is 2.28. The molecule has 1 N–H and O–H groups in total. The van der Waals surface area contributed by atoms with E-state index in [1.165, 1.54) is 0 Å². The summed E-state index contributed by atoms with van der Waals surface area (Å²) in [6.45, 7) is 15.8. The Morgan fingerprint density at radius 2 is 1.83 bits per heavy atom. The summed E-state index contributed by atoms with van der Waals surface area (Å²) in [5.74, 6) is 0.362. The lowest BCUT2D eigenvalue weighted by molar-refractivity contribution is 0.0887. The van der Waals surface area contributed by atoms with Crippen molar-refractivity contribution < 1.29 is 9.53 Å². The molecule has 0 heterocycles. The van der Waals surface area contributed by atoms with Crippen molar-refractivity contribution >= 4 is 26.3 Å². The van der Waals surface area contributed by atoms with Crippen molar-refractivity contribution in [2.24, 2.45) is 5.41 Å². The second kappa shape index (κ2) is 8.39. The number of ether oxygens (including phenoxy) is 1. The quantitative estimate of drug-likeness (QED) is 0.675. The van der Waals surface area contributed by atoms with Gasteiger partial charge in [0.15, 0.2) is 5.75 Å². The molecule has 0 saturated heterocycles. The first-order chi connectivity index (χ1) is 10.9. The molecule has 1 aromatic carbocycles. The van der Waals surface area contributed by atoms with Crippen LogP contribution < -0.4 is 10.1 Å². The van der Waals surface area contributed by atoms with E-state index in [0.717, 1.165) is 12.5 Å². The normalized spacial score (nSPS) is 12.4. The van der Waals surface area contributed by atoms with Gasteiger partial charge in [-0.3, -0.25) is 4.79 Å². The number of carbonyl (C=O) groups is 1. The molecule has 0 aliphatic rings. The number of hydrogen-bond donors (Lipinski definition) is 1. The minimum absolute atomic E-state index is 0.131. The van der Waals surface area contributed by atoms with Gasteiger partial charge in [-0.15, -0.1) is 0 Å². The Bertz CT molecular complexity index is 565. The van der Waals surface area contributed by atoms with E-state index in [0.29, 0.717) is 22.9 Å². The van der Waals surface area contributed by atoms with Gasteiger partial charge >= 0.3 is 0 Å². The first kappa shape index (κ1) is 21.0. The summed E-state index contributed by atoms with van der Waals surface area (Å²) in [7, 11) is -0.695. The summed E-state index contributed by atoms with van der Waals surface area (Å²) in [5, 5.41) is 3.61. The molecule has 1 aromatic rings. The SMILES string of the molecule is C[SiH](C)CCOc1c(Cl)cccc1C(=O)NC(C)(C)CC(C)(C)C. The molecule has 0 bridgehead atoms. The Hall–Kier alpha value is -1.00. The van der Waals surface area contributed by atoms with E-state index in [-0.39, 0.29) is 16.9 Å². The Labute approximate surface area is 153 Å². The number of hydrogen-bond acceptors (Lipinski definition) is 2. The Morgan fingerprint density at radius 1 is 1.21 bits per heavy atom. The molecule has 1 rings (SSSR count). The molecule has 5 heteroatoms. The maximum atomic E-state index is 12.8. The van der Waals surface area contributed by atoms with E-state index in [1.807, 2.05) is 13.8 Å². The zero-order chi connectivity index (χ0) is 18.5. The third-order valence-corrected chi connectivity index (χ3v) is 5.27. The number of amides is 1. The van der Waals surface area contributed by atoms with Crippen LogP contribution in [0.15, 0.2) is 18.2 Å². The predicted molar refractivity (Wildman–Crippen MR) is 106 cm³/mol. The average molecular weight is 370 g/mol. The van der Waals surface area contributed by atoms with Crippen LogP contribution in [0.3, 0.4) is 0 Å². The van der Waals surface area contributed by atoms with E-state index in [2.05, 4.69) is 39.2 Å². The van der Waals surface area contributed by atoms with Crippen molar-refractivity contribution in [2.45, 2.75) is 65.7 Å². The van der Waals surface area contributed by atoms with Gasteiger partial charge in [0.2, 0.25) is 0 Å². The molecule has 0 spiro atoms. The molecule has 0 saturated carbocycles. The molecule has 0 aromatic heterocycles. The Kier molecular flexibility index (Phi) is 7.36. The van der Waals surface area contributed by atoms with Crippen LogP contribution in [-0.4, -0.2) is 26.8 Å². The van der Waals surface area contributed by atoms with Crippen molar-refractivity contribution in [1.82, 2.24) is 5.32 Å². The van der Waals surface area contributed by atoms with Gasteiger partial charge in [0, 0.05) is 14.3 Å².